The van der Waals surface area contributed by atoms with Crippen LogP contribution >= 0.6 is 0 Å². The van der Waals surface area contributed by atoms with Gasteiger partial charge in [-0.25, -0.2) is 14.5 Å². The van der Waals surface area contributed by atoms with E-state index < -0.39 is 5.97 Å². The number of nitrogens with zero attached hydrogens (tertiary/aromatic N) is 5. The molecule has 0 spiro atoms. The lowest BCUT2D eigenvalue weighted by Crippen LogP contribution is -2.11. The second kappa shape index (κ2) is 6.15. The van der Waals surface area contributed by atoms with E-state index in [0.29, 0.717) is 17.1 Å². The number of aromatic nitrogens is 4. The van der Waals surface area contributed by atoms with Crippen molar-refractivity contribution in [2.24, 2.45) is 7.05 Å². The number of ether oxygens (including phenoxy) is 1. The fourth-order valence-electron chi connectivity index (χ4n) is 2.19. The molecule has 23 heavy (non-hydrogen) atoms. The molecule has 3 rings (SSSR count). The van der Waals surface area contributed by atoms with Crippen LogP contribution in [0.15, 0.2) is 49.1 Å². The predicted octanol–water partition coefficient (Wildman–Crippen LogP) is 1.83. The van der Waals surface area contributed by atoms with E-state index in [1.807, 2.05) is 12.1 Å². The first-order chi connectivity index (χ1) is 11.2. The molecule has 7 nitrogen and oxygen atoms in total. The van der Waals surface area contributed by atoms with Crippen LogP contribution in [0.1, 0.15) is 21.6 Å². The van der Waals surface area contributed by atoms with Crippen LogP contribution in [0.25, 0.3) is 5.82 Å². The quantitative estimate of drug-likeness (QED) is 0.686. The van der Waals surface area contributed by atoms with Gasteiger partial charge in [0.25, 0.3) is 0 Å². The number of carbonyl (C=O) groups is 1. The van der Waals surface area contributed by atoms with Crippen LogP contribution in [0.5, 0.6) is 0 Å². The summed E-state index contributed by atoms with van der Waals surface area (Å²) in [7, 11) is 1.69. The van der Waals surface area contributed by atoms with Gasteiger partial charge >= 0.3 is 5.97 Å². The Labute approximate surface area is 132 Å². The van der Waals surface area contributed by atoms with Crippen molar-refractivity contribution in [2.75, 3.05) is 0 Å². The first-order valence-corrected chi connectivity index (χ1v) is 6.86. The molecule has 0 saturated carbocycles. The van der Waals surface area contributed by atoms with E-state index in [1.165, 1.54) is 6.07 Å². The van der Waals surface area contributed by atoms with E-state index >= 15 is 0 Å². The molecule has 0 unspecified atom stereocenters. The van der Waals surface area contributed by atoms with Crippen LogP contribution in [-0.2, 0) is 18.4 Å². The van der Waals surface area contributed by atoms with Crippen molar-refractivity contribution in [3.63, 3.8) is 0 Å². The fourth-order valence-corrected chi connectivity index (χ4v) is 2.19. The Hall–Kier alpha value is -3.40. The molecule has 114 valence electrons. The third-order valence-electron chi connectivity index (χ3n) is 3.29. The van der Waals surface area contributed by atoms with Crippen LogP contribution in [-0.4, -0.2) is 25.3 Å². The van der Waals surface area contributed by atoms with Crippen molar-refractivity contribution in [1.29, 1.82) is 5.26 Å². The zero-order valence-electron chi connectivity index (χ0n) is 12.4. The summed E-state index contributed by atoms with van der Waals surface area (Å²) in [6.45, 7) is 0.0644. The molecule has 3 heterocycles. The zero-order chi connectivity index (χ0) is 16.2. The minimum atomic E-state index is -0.496. The molecule has 0 aromatic carbocycles. The molecule has 0 aliphatic rings. The number of aryl methyl sites for hydroxylation is 1. The lowest BCUT2D eigenvalue weighted by molar-refractivity contribution is 0.0461. The Morgan fingerprint density at radius 1 is 1.39 bits per heavy atom. The Bertz CT molecular complexity index is 874. The largest absolute Gasteiger partial charge is 0.456 e. The van der Waals surface area contributed by atoms with Gasteiger partial charge in [0.05, 0.1) is 5.56 Å². The molecule has 7 heteroatoms. The summed E-state index contributed by atoms with van der Waals surface area (Å²) in [5.41, 5.74) is 1.48. The number of hydrogen-bond donors (Lipinski definition) is 0. The van der Waals surface area contributed by atoms with Crippen molar-refractivity contribution >= 4 is 5.97 Å². The van der Waals surface area contributed by atoms with Gasteiger partial charge in [-0.05, 0) is 18.2 Å². The number of nitriles is 1. The van der Waals surface area contributed by atoms with Crippen LogP contribution in [0, 0.1) is 11.3 Å². The first kappa shape index (κ1) is 14.5. The van der Waals surface area contributed by atoms with Crippen LogP contribution in [0.2, 0.25) is 0 Å². The van der Waals surface area contributed by atoms with E-state index in [1.54, 1.807) is 53.2 Å². The molecular weight excluding hydrogens is 294 g/mol. The maximum atomic E-state index is 12.2. The van der Waals surface area contributed by atoms with Gasteiger partial charge in [-0.15, -0.1) is 0 Å². The van der Waals surface area contributed by atoms with E-state index in [0.717, 1.165) is 5.56 Å². The molecule has 0 saturated heterocycles. The summed E-state index contributed by atoms with van der Waals surface area (Å²) in [5.74, 6) is 0.110. The molecule has 0 atom stereocenters. The van der Waals surface area contributed by atoms with Gasteiger partial charge < -0.3 is 9.30 Å². The highest BCUT2D eigenvalue weighted by molar-refractivity contribution is 5.88. The maximum Gasteiger partial charge on any atom is 0.355 e. The van der Waals surface area contributed by atoms with Crippen molar-refractivity contribution in [1.82, 2.24) is 19.3 Å². The zero-order valence-corrected chi connectivity index (χ0v) is 12.4. The summed E-state index contributed by atoms with van der Waals surface area (Å²) >= 11 is 0. The average molecular weight is 307 g/mol. The van der Waals surface area contributed by atoms with Gasteiger partial charge in [0.2, 0.25) is 0 Å². The van der Waals surface area contributed by atoms with Crippen LogP contribution in [0.4, 0.5) is 0 Å². The third-order valence-corrected chi connectivity index (χ3v) is 3.29. The van der Waals surface area contributed by atoms with Crippen molar-refractivity contribution < 1.29 is 9.53 Å². The third kappa shape index (κ3) is 2.96. The minimum Gasteiger partial charge on any atom is -0.456 e. The van der Waals surface area contributed by atoms with Gasteiger partial charge in [0.1, 0.15) is 18.4 Å². The highest BCUT2D eigenvalue weighted by Gasteiger charge is 2.15. The van der Waals surface area contributed by atoms with Crippen LogP contribution in [0.3, 0.4) is 0 Å². The molecule has 3 aromatic rings. The van der Waals surface area contributed by atoms with E-state index in [4.69, 9.17) is 10.00 Å². The summed E-state index contributed by atoms with van der Waals surface area (Å²) in [5, 5.41) is 13.0. The van der Waals surface area contributed by atoms with Gasteiger partial charge in [0, 0.05) is 37.4 Å². The van der Waals surface area contributed by atoms with E-state index in [9.17, 15) is 4.79 Å². The molecule has 3 aromatic heterocycles. The number of hydrogen-bond acceptors (Lipinski definition) is 5. The highest BCUT2D eigenvalue weighted by Crippen LogP contribution is 2.14. The molecule has 0 N–H and O–H groups in total. The van der Waals surface area contributed by atoms with E-state index in [-0.39, 0.29) is 6.61 Å². The number of pyridine rings is 1. The minimum absolute atomic E-state index is 0.0644. The van der Waals surface area contributed by atoms with E-state index in [2.05, 4.69) is 10.1 Å². The van der Waals surface area contributed by atoms with Gasteiger partial charge in [-0.2, -0.15) is 10.4 Å². The number of rotatable bonds is 4. The smallest absolute Gasteiger partial charge is 0.355 e. The Morgan fingerprint density at radius 3 is 2.96 bits per heavy atom. The second-order valence-corrected chi connectivity index (χ2v) is 4.85. The topological polar surface area (TPSA) is 85.7 Å². The Kier molecular flexibility index (Phi) is 3.89. The first-order valence-electron chi connectivity index (χ1n) is 6.86. The van der Waals surface area contributed by atoms with Gasteiger partial charge in [-0.3, -0.25) is 0 Å². The average Bonchev–Trinajstić information content (AvgIpc) is 3.22. The molecule has 0 aliphatic heterocycles. The molecule has 0 amide bonds. The Morgan fingerprint density at radius 2 is 2.26 bits per heavy atom. The highest BCUT2D eigenvalue weighted by atomic mass is 16.5. The molecule has 0 fully saturated rings. The lowest BCUT2D eigenvalue weighted by Gasteiger charge is -2.09. The molecule has 0 radical (unpaired) electrons. The van der Waals surface area contributed by atoms with Gasteiger partial charge in [-0.1, -0.05) is 6.07 Å². The lowest BCUT2D eigenvalue weighted by atomic mass is 10.2. The van der Waals surface area contributed by atoms with Crippen molar-refractivity contribution in [3.05, 3.63) is 65.9 Å². The predicted molar refractivity (Wildman–Crippen MR) is 80.6 cm³/mol. The molecule has 0 bridgehead atoms. The monoisotopic (exact) mass is 307 g/mol. The van der Waals surface area contributed by atoms with Crippen molar-refractivity contribution in [2.45, 2.75) is 6.61 Å². The van der Waals surface area contributed by atoms with Gasteiger partial charge in [0.15, 0.2) is 5.82 Å². The second-order valence-electron chi connectivity index (χ2n) is 4.85. The summed E-state index contributed by atoms with van der Waals surface area (Å²) in [4.78, 5) is 16.4. The number of carbonyl (C=O) groups excluding carboxylic acids is 1. The maximum absolute atomic E-state index is 12.2. The SMILES string of the molecule is Cn1cc(C#N)cc1C(=O)OCc1cccnc1-n1cccn1. The van der Waals surface area contributed by atoms with Crippen LogP contribution < -0.4 is 0 Å². The standard InChI is InChI=1S/C16H13N5O2/c1-20-10-12(9-17)8-14(20)16(22)23-11-13-4-2-5-18-15(13)21-7-3-6-19-21/h2-8,10H,11H2,1H3. The Balaban J connectivity index is 1.78. The summed E-state index contributed by atoms with van der Waals surface area (Å²) in [6, 6.07) is 8.88. The summed E-state index contributed by atoms with van der Waals surface area (Å²) < 4.78 is 8.52. The summed E-state index contributed by atoms with van der Waals surface area (Å²) in [6.07, 6.45) is 6.65. The normalized spacial score (nSPS) is 10.3. The molecule has 0 aliphatic carbocycles. The molecular formula is C16H13N5O2. The number of esters is 1. The fraction of sp³-hybridized carbons (Fsp3) is 0.125. The van der Waals surface area contributed by atoms with Crippen molar-refractivity contribution in [3.8, 4) is 11.9 Å².